The van der Waals surface area contributed by atoms with Gasteiger partial charge in [0.05, 0.1) is 18.8 Å². The lowest BCUT2D eigenvalue weighted by Gasteiger charge is -2.26. The fraction of sp³-hybridized carbons (Fsp3) is 0.615. The van der Waals surface area contributed by atoms with Gasteiger partial charge < -0.3 is 14.6 Å². The van der Waals surface area contributed by atoms with Gasteiger partial charge in [0.1, 0.15) is 0 Å². The first-order chi connectivity index (χ1) is 8.68. The van der Waals surface area contributed by atoms with Crippen molar-refractivity contribution >= 4 is 5.91 Å². The number of rotatable bonds is 4. The van der Waals surface area contributed by atoms with Crippen LogP contribution in [0, 0.1) is 6.92 Å². The average molecular weight is 251 g/mol. The summed E-state index contributed by atoms with van der Waals surface area (Å²) in [7, 11) is 1.94. The van der Waals surface area contributed by atoms with Gasteiger partial charge in [0.25, 0.3) is 5.91 Å². The van der Waals surface area contributed by atoms with Crippen LogP contribution in [-0.2, 0) is 11.8 Å². The summed E-state index contributed by atoms with van der Waals surface area (Å²) in [6.07, 6.45) is 1.91. The van der Waals surface area contributed by atoms with Gasteiger partial charge in [0, 0.05) is 45.1 Å². The summed E-state index contributed by atoms with van der Waals surface area (Å²) in [6.45, 7) is 7.04. The molecule has 0 radical (unpaired) electrons. The number of nitrogens with zero attached hydrogens (tertiary/aromatic N) is 2. The minimum Gasteiger partial charge on any atom is -0.379 e. The molecule has 1 aromatic rings. The Morgan fingerprint density at radius 3 is 2.78 bits per heavy atom. The zero-order chi connectivity index (χ0) is 13.0. The molecular weight excluding hydrogens is 230 g/mol. The second-order valence-electron chi connectivity index (χ2n) is 4.64. The van der Waals surface area contributed by atoms with E-state index in [1.54, 1.807) is 0 Å². The fourth-order valence-corrected chi connectivity index (χ4v) is 2.10. The van der Waals surface area contributed by atoms with Crippen LogP contribution in [0.5, 0.6) is 0 Å². The predicted octanol–water partition coefficient (Wildman–Crippen LogP) is 0.396. The van der Waals surface area contributed by atoms with Gasteiger partial charge in [-0.05, 0) is 13.0 Å². The maximum absolute atomic E-state index is 12.0. The molecular formula is C13H21N3O2. The number of aryl methyl sites for hydroxylation is 1. The first-order valence-corrected chi connectivity index (χ1v) is 6.38. The number of hydrogen-bond acceptors (Lipinski definition) is 3. The molecule has 0 aromatic carbocycles. The predicted molar refractivity (Wildman–Crippen MR) is 69.7 cm³/mol. The highest BCUT2D eigenvalue weighted by Gasteiger charge is 2.13. The van der Waals surface area contributed by atoms with Gasteiger partial charge in [0.2, 0.25) is 0 Å². The minimum atomic E-state index is 0.0151. The number of nitrogens with one attached hydrogen (secondary N) is 1. The third-order valence-electron chi connectivity index (χ3n) is 3.45. The minimum absolute atomic E-state index is 0.0151. The van der Waals surface area contributed by atoms with E-state index in [0.717, 1.165) is 44.1 Å². The van der Waals surface area contributed by atoms with Crippen molar-refractivity contribution in [3.63, 3.8) is 0 Å². The van der Waals surface area contributed by atoms with Gasteiger partial charge in [0.15, 0.2) is 0 Å². The second-order valence-corrected chi connectivity index (χ2v) is 4.64. The van der Waals surface area contributed by atoms with Gasteiger partial charge in [-0.3, -0.25) is 9.69 Å². The van der Waals surface area contributed by atoms with Crippen LogP contribution < -0.4 is 5.32 Å². The molecule has 0 bridgehead atoms. The molecule has 100 valence electrons. The first-order valence-electron chi connectivity index (χ1n) is 6.38. The average Bonchev–Trinajstić information content (AvgIpc) is 2.71. The molecule has 1 amide bonds. The third kappa shape index (κ3) is 3.11. The number of amides is 1. The Hall–Kier alpha value is -1.33. The van der Waals surface area contributed by atoms with E-state index in [9.17, 15) is 4.79 Å². The van der Waals surface area contributed by atoms with Gasteiger partial charge in [-0.2, -0.15) is 0 Å². The number of aromatic nitrogens is 1. The van der Waals surface area contributed by atoms with E-state index in [1.807, 2.05) is 30.8 Å². The smallest absolute Gasteiger partial charge is 0.253 e. The highest BCUT2D eigenvalue weighted by Crippen LogP contribution is 2.07. The van der Waals surface area contributed by atoms with E-state index in [4.69, 9.17) is 4.74 Å². The standard InChI is InChI=1S/C13H21N3O2/c1-11-12(3-5-15(11)2)13(17)14-4-6-16-7-9-18-10-8-16/h3,5H,4,6-10H2,1-2H3,(H,14,17). The van der Waals surface area contributed by atoms with Gasteiger partial charge >= 0.3 is 0 Å². The summed E-state index contributed by atoms with van der Waals surface area (Å²) >= 11 is 0. The molecule has 2 rings (SSSR count). The van der Waals surface area contributed by atoms with Crippen molar-refractivity contribution in [1.82, 2.24) is 14.8 Å². The molecule has 0 atom stereocenters. The lowest BCUT2D eigenvalue weighted by atomic mass is 10.2. The molecule has 0 spiro atoms. The van der Waals surface area contributed by atoms with Crippen LogP contribution in [-0.4, -0.2) is 54.8 Å². The van der Waals surface area contributed by atoms with E-state index < -0.39 is 0 Å². The number of carbonyl (C=O) groups is 1. The number of morpholine rings is 1. The van der Waals surface area contributed by atoms with Crippen LogP contribution >= 0.6 is 0 Å². The Morgan fingerprint density at radius 2 is 2.17 bits per heavy atom. The molecule has 5 heteroatoms. The van der Waals surface area contributed by atoms with Gasteiger partial charge in [-0.25, -0.2) is 0 Å². The van der Waals surface area contributed by atoms with Crippen molar-refractivity contribution in [3.8, 4) is 0 Å². The topological polar surface area (TPSA) is 46.5 Å². The van der Waals surface area contributed by atoms with Crippen molar-refractivity contribution in [2.75, 3.05) is 39.4 Å². The second kappa shape index (κ2) is 6.02. The Kier molecular flexibility index (Phi) is 4.38. The van der Waals surface area contributed by atoms with Crippen molar-refractivity contribution in [1.29, 1.82) is 0 Å². The van der Waals surface area contributed by atoms with Crippen molar-refractivity contribution < 1.29 is 9.53 Å². The molecule has 0 saturated carbocycles. The number of hydrogen-bond donors (Lipinski definition) is 1. The molecule has 1 saturated heterocycles. The van der Waals surface area contributed by atoms with Crippen LogP contribution in [0.1, 0.15) is 16.1 Å². The maximum atomic E-state index is 12.0. The summed E-state index contributed by atoms with van der Waals surface area (Å²) in [5, 5.41) is 2.97. The number of carbonyl (C=O) groups excluding carboxylic acids is 1. The summed E-state index contributed by atoms with van der Waals surface area (Å²) in [6, 6.07) is 1.86. The maximum Gasteiger partial charge on any atom is 0.253 e. The zero-order valence-electron chi connectivity index (χ0n) is 11.1. The van der Waals surface area contributed by atoms with Gasteiger partial charge in [-0.1, -0.05) is 0 Å². The SMILES string of the molecule is Cc1c(C(=O)NCCN2CCOCC2)ccn1C. The molecule has 1 aliphatic rings. The molecule has 5 nitrogen and oxygen atoms in total. The Balaban J connectivity index is 1.76. The third-order valence-corrected chi connectivity index (χ3v) is 3.45. The van der Waals surface area contributed by atoms with Crippen molar-refractivity contribution in [3.05, 3.63) is 23.5 Å². The quantitative estimate of drug-likeness (QED) is 0.842. The Bertz CT molecular complexity index is 408. The number of ether oxygens (including phenoxy) is 1. The van der Waals surface area contributed by atoms with Crippen LogP contribution in [0.3, 0.4) is 0 Å². The monoisotopic (exact) mass is 251 g/mol. The van der Waals surface area contributed by atoms with Crippen LogP contribution in [0.2, 0.25) is 0 Å². The van der Waals surface area contributed by atoms with E-state index in [0.29, 0.717) is 6.54 Å². The van der Waals surface area contributed by atoms with Crippen molar-refractivity contribution in [2.45, 2.75) is 6.92 Å². The Labute approximate surface area is 108 Å². The molecule has 1 N–H and O–H groups in total. The fourth-order valence-electron chi connectivity index (χ4n) is 2.10. The normalized spacial score (nSPS) is 16.8. The lowest BCUT2D eigenvalue weighted by molar-refractivity contribution is 0.0383. The van der Waals surface area contributed by atoms with E-state index in [-0.39, 0.29) is 5.91 Å². The van der Waals surface area contributed by atoms with E-state index >= 15 is 0 Å². The highest BCUT2D eigenvalue weighted by atomic mass is 16.5. The van der Waals surface area contributed by atoms with Crippen LogP contribution in [0.4, 0.5) is 0 Å². The molecule has 2 heterocycles. The van der Waals surface area contributed by atoms with Crippen molar-refractivity contribution in [2.24, 2.45) is 7.05 Å². The molecule has 1 fully saturated rings. The largest absolute Gasteiger partial charge is 0.379 e. The molecule has 0 aliphatic carbocycles. The summed E-state index contributed by atoms with van der Waals surface area (Å²) in [5.74, 6) is 0.0151. The summed E-state index contributed by atoms with van der Waals surface area (Å²) in [4.78, 5) is 14.3. The van der Waals surface area contributed by atoms with Crippen LogP contribution in [0.25, 0.3) is 0 Å². The van der Waals surface area contributed by atoms with E-state index in [2.05, 4.69) is 10.2 Å². The summed E-state index contributed by atoms with van der Waals surface area (Å²) < 4.78 is 7.24. The van der Waals surface area contributed by atoms with E-state index in [1.165, 1.54) is 0 Å². The molecule has 0 unspecified atom stereocenters. The molecule has 1 aliphatic heterocycles. The Morgan fingerprint density at radius 1 is 1.44 bits per heavy atom. The van der Waals surface area contributed by atoms with Crippen LogP contribution in [0.15, 0.2) is 12.3 Å². The lowest BCUT2D eigenvalue weighted by Crippen LogP contribution is -2.41. The zero-order valence-corrected chi connectivity index (χ0v) is 11.1. The molecule has 18 heavy (non-hydrogen) atoms. The summed E-state index contributed by atoms with van der Waals surface area (Å²) in [5.41, 5.74) is 1.76. The van der Waals surface area contributed by atoms with Gasteiger partial charge in [-0.15, -0.1) is 0 Å². The highest BCUT2D eigenvalue weighted by molar-refractivity contribution is 5.95. The first kappa shape index (κ1) is 13.1. The molecule has 1 aromatic heterocycles.